The molecule has 7 nitrogen and oxygen atoms in total. The van der Waals surface area contributed by atoms with E-state index in [4.69, 9.17) is 14.6 Å². The molecule has 0 heterocycles. The van der Waals surface area contributed by atoms with Gasteiger partial charge >= 0.3 is 0 Å². The monoisotopic (exact) mass is 374 g/mol. The molecule has 0 saturated carbocycles. The zero-order valence-corrected chi connectivity index (χ0v) is 16.6. The van der Waals surface area contributed by atoms with Crippen molar-refractivity contribution in [2.75, 3.05) is 60.7 Å². The average Bonchev–Trinajstić information content (AvgIpc) is 2.52. The molecule has 0 radical (unpaired) electrons. The highest BCUT2D eigenvalue weighted by molar-refractivity contribution is 7.89. The third kappa shape index (κ3) is 6.23. The van der Waals surface area contributed by atoms with Crippen molar-refractivity contribution in [1.82, 2.24) is 9.21 Å². The molecule has 0 fully saturated rings. The van der Waals surface area contributed by atoms with E-state index in [0.717, 1.165) is 0 Å². The Hall–Kier alpha value is -1.19. The Kier molecular flexibility index (Phi) is 8.81. The molecule has 0 unspecified atom stereocenters. The number of ether oxygens (including phenoxy) is 2. The number of aliphatic hydroxyl groups excluding tert-OH is 1. The molecule has 0 spiro atoms. The van der Waals surface area contributed by atoms with E-state index < -0.39 is 10.0 Å². The molecule has 0 amide bonds. The van der Waals surface area contributed by atoms with Gasteiger partial charge < -0.3 is 19.5 Å². The van der Waals surface area contributed by atoms with Crippen LogP contribution in [-0.2, 0) is 14.8 Å². The zero-order valence-electron chi connectivity index (χ0n) is 15.8. The predicted molar refractivity (Wildman–Crippen MR) is 97.7 cm³/mol. The van der Waals surface area contributed by atoms with Crippen LogP contribution in [0.5, 0.6) is 5.75 Å². The molecule has 1 N–H and O–H groups in total. The van der Waals surface area contributed by atoms with E-state index in [1.165, 1.54) is 4.31 Å². The molecule has 0 aliphatic heterocycles. The van der Waals surface area contributed by atoms with Crippen molar-refractivity contribution in [2.45, 2.75) is 18.7 Å². The normalized spacial score (nSPS) is 12.2. The maximum absolute atomic E-state index is 13.2. The smallest absolute Gasteiger partial charge is 0.243 e. The standard InChI is InChI=1S/C17H30N2O5S/c1-14-12-16(23-5)13-15(2)17(14)25(21,22)19(7-6-18(3)4)8-10-24-11-9-20/h12-13,20H,6-11H2,1-5H3. The molecule has 1 aromatic rings. The van der Waals surface area contributed by atoms with E-state index in [0.29, 0.717) is 34.9 Å². The Balaban J connectivity index is 3.12. The number of sulfonamides is 1. The second kappa shape index (κ2) is 10.1. The minimum atomic E-state index is -3.66. The summed E-state index contributed by atoms with van der Waals surface area (Å²) in [7, 11) is 1.70. The number of aliphatic hydroxyl groups is 1. The lowest BCUT2D eigenvalue weighted by atomic mass is 10.1. The van der Waals surface area contributed by atoms with Crippen molar-refractivity contribution in [3.8, 4) is 5.75 Å². The van der Waals surface area contributed by atoms with Gasteiger partial charge in [-0.25, -0.2) is 8.42 Å². The first-order valence-electron chi connectivity index (χ1n) is 8.22. The Morgan fingerprint density at radius 3 is 2.12 bits per heavy atom. The summed E-state index contributed by atoms with van der Waals surface area (Å²) in [5.41, 5.74) is 1.31. The van der Waals surface area contributed by atoms with Crippen LogP contribution in [0.25, 0.3) is 0 Å². The van der Waals surface area contributed by atoms with Crippen molar-refractivity contribution in [1.29, 1.82) is 0 Å². The van der Waals surface area contributed by atoms with Crippen LogP contribution >= 0.6 is 0 Å². The maximum atomic E-state index is 13.2. The fourth-order valence-corrected chi connectivity index (χ4v) is 4.39. The van der Waals surface area contributed by atoms with Gasteiger partial charge in [-0.05, 0) is 51.2 Å². The number of aryl methyl sites for hydroxylation is 2. The topological polar surface area (TPSA) is 79.3 Å². The molecule has 8 heteroatoms. The largest absolute Gasteiger partial charge is 0.497 e. The fourth-order valence-electron chi connectivity index (χ4n) is 2.56. The first-order valence-corrected chi connectivity index (χ1v) is 9.66. The van der Waals surface area contributed by atoms with Crippen LogP contribution in [0.2, 0.25) is 0 Å². The quantitative estimate of drug-likeness (QED) is 0.579. The first-order chi connectivity index (χ1) is 11.7. The SMILES string of the molecule is COc1cc(C)c(S(=O)(=O)N(CCOCCO)CCN(C)C)c(C)c1. The number of rotatable bonds is 11. The number of likely N-dealkylation sites (N-methyl/N-ethyl adjacent to an activating group) is 1. The summed E-state index contributed by atoms with van der Waals surface area (Å²) >= 11 is 0. The third-order valence-electron chi connectivity index (χ3n) is 3.78. The molecular formula is C17H30N2O5S. The number of methoxy groups -OCH3 is 1. The van der Waals surface area contributed by atoms with Gasteiger partial charge in [0, 0.05) is 19.6 Å². The van der Waals surface area contributed by atoms with Gasteiger partial charge in [0.05, 0.1) is 31.8 Å². The lowest BCUT2D eigenvalue weighted by molar-refractivity contribution is 0.0848. The van der Waals surface area contributed by atoms with Crippen LogP contribution in [0, 0.1) is 13.8 Å². The fraction of sp³-hybridized carbons (Fsp3) is 0.647. The molecule has 0 bridgehead atoms. The number of hydrogen-bond acceptors (Lipinski definition) is 6. The molecule has 25 heavy (non-hydrogen) atoms. The van der Waals surface area contributed by atoms with Gasteiger partial charge in [0.2, 0.25) is 10.0 Å². The molecule has 0 aliphatic carbocycles. The van der Waals surface area contributed by atoms with Crippen LogP contribution in [-0.4, -0.2) is 83.4 Å². The Labute approximate surface area is 151 Å². The number of benzene rings is 1. The van der Waals surface area contributed by atoms with E-state index in [9.17, 15) is 8.42 Å². The summed E-state index contributed by atoms with van der Waals surface area (Å²) < 4.78 is 38.3. The van der Waals surface area contributed by atoms with E-state index >= 15 is 0 Å². The van der Waals surface area contributed by atoms with Gasteiger partial charge in [0.15, 0.2) is 0 Å². The lowest BCUT2D eigenvalue weighted by Gasteiger charge is -2.25. The second-order valence-corrected chi connectivity index (χ2v) is 8.01. The molecule has 0 atom stereocenters. The molecule has 1 aromatic carbocycles. The Bertz CT molecular complexity index is 623. The van der Waals surface area contributed by atoms with Crippen LogP contribution in [0.15, 0.2) is 17.0 Å². The molecule has 144 valence electrons. The van der Waals surface area contributed by atoms with Crippen molar-refractivity contribution in [3.63, 3.8) is 0 Å². The first kappa shape index (κ1) is 21.9. The van der Waals surface area contributed by atoms with Crippen molar-refractivity contribution in [2.24, 2.45) is 0 Å². The van der Waals surface area contributed by atoms with Gasteiger partial charge in [-0.2, -0.15) is 4.31 Å². The highest BCUT2D eigenvalue weighted by atomic mass is 32.2. The second-order valence-electron chi connectivity index (χ2n) is 6.13. The lowest BCUT2D eigenvalue weighted by Crippen LogP contribution is -2.39. The van der Waals surface area contributed by atoms with E-state index in [-0.39, 0.29) is 26.4 Å². The van der Waals surface area contributed by atoms with Crippen LogP contribution in [0.1, 0.15) is 11.1 Å². The molecule has 1 rings (SSSR count). The highest BCUT2D eigenvalue weighted by Gasteiger charge is 2.28. The van der Waals surface area contributed by atoms with Gasteiger partial charge in [0.1, 0.15) is 5.75 Å². The Morgan fingerprint density at radius 1 is 1.04 bits per heavy atom. The van der Waals surface area contributed by atoms with Crippen LogP contribution in [0.4, 0.5) is 0 Å². The van der Waals surface area contributed by atoms with Crippen LogP contribution in [0.3, 0.4) is 0 Å². The van der Waals surface area contributed by atoms with Gasteiger partial charge in [-0.3, -0.25) is 0 Å². The minimum Gasteiger partial charge on any atom is -0.497 e. The van der Waals surface area contributed by atoms with Gasteiger partial charge in [-0.1, -0.05) is 0 Å². The maximum Gasteiger partial charge on any atom is 0.243 e. The van der Waals surface area contributed by atoms with E-state index in [1.54, 1.807) is 33.1 Å². The number of nitrogens with zero attached hydrogens (tertiary/aromatic N) is 2. The van der Waals surface area contributed by atoms with Crippen molar-refractivity contribution >= 4 is 10.0 Å². The third-order valence-corrected chi connectivity index (χ3v) is 5.99. The van der Waals surface area contributed by atoms with E-state index in [2.05, 4.69) is 0 Å². The van der Waals surface area contributed by atoms with Crippen LogP contribution < -0.4 is 4.74 Å². The summed E-state index contributed by atoms with van der Waals surface area (Å²) in [6, 6.07) is 3.46. The van der Waals surface area contributed by atoms with Gasteiger partial charge in [-0.15, -0.1) is 0 Å². The Morgan fingerprint density at radius 2 is 1.64 bits per heavy atom. The minimum absolute atomic E-state index is 0.0822. The summed E-state index contributed by atoms with van der Waals surface area (Å²) in [5, 5.41) is 8.79. The number of hydrogen-bond donors (Lipinski definition) is 1. The van der Waals surface area contributed by atoms with Crippen molar-refractivity contribution < 1.29 is 23.0 Å². The highest BCUT2D eigenvalue weighted by Crippen LogP contribution is 2.28. The average molecular weight is 375 g/mol. The summed E-state index contributed by atoms with van der Waals surface area (Å²) in [4.78, 5) is 2.25. The van der Waals surface area contributed by atoms with E-state index in [1.807, 2.05) is 19.0 Å². The molecule has 0 aliphatic rings. The van der Waals surface area contributed by atoms with Crippen molar-refractivity contribution in [3.05, 3.63) is 23.3 Å². The summed E-state index contributed by atoms with van der Waals surface area (Å²) in [6.45, 7) is 5.10. The van der Waals surface area contributed by atoms with Gasteiger partial charge in [0.25, 0.3) is 0 Å². The molecule has 0 saturated heterocycles. The molecular weight excluding hydrogens is 344 g/mol. The zero-order chi connectivity index (χ0) is 19.0. The summed E-state index contributed by atoms with van der Waals surface area (Å²) in [6.07, 6.45) is 0. The summed E-state index contributed by atoms with van der Waals surface area (Å²) in [5.74, 6) is 0.639. The predicted octanol–water partition coefficient (Wildman–Crippen LogP) is 0.873. The molecule has 0 aromatic heterocycles.